The molecule has 2 atom stereocenters. The molecule has 1 heterocycles. The van der Waals surface area contributed by atoms with Crippen molar-refractivity contribution in [2.24, 2.45) is 0 Å². The molecule has 0 aromatic rings. The molecule has 0 aliphatic carbocycles. The van der Waals surface area contributed by atoms with Crippen LogP contribution in [0.2, 0.25) is 0 Å². The topological polar surface area (TPSA) is 67.9 Å². The van der Waals surface area contributed by atoms with Gasteiger partial charge in [0, 0.05) is 32.8 Å². The Morgan fingerprint density at radius 1 is 1.30 bits per heavy atom. The van der Waals surface area contributed by atoms with Gasteiger partial charge in [0.05, 0.1) is 19.0 Å². The zero-order valence-corrected chi connectivity index (χ0v) is 13.6. The Hall–Kier alpha value is -0.210. The lowest BCUT2D eigenvalue weighted by Gasteiger charge is -2.31. The van der Waals surface area contributed by atoms with Gasteiger partial charge in [-0.2, -0.15) is 4.31 Å². The van der Waals surface area contributed by atoms with Crippen molar-refractivity contribution < 1.29 is 17.9 Å². The molecule has 7 heteroatoms. The van der Waals surface area contributed by atoms with E-state index in [4.69, 9.17) is 9.47 Å². The lowest BCUT2D eigenvalue weighted by Crippen LogP contribution is -2.48. The number of nitrogens with zero attached hydrogens (tertiary/aromatic N) is 1. The second-order valence-corrected chi connectivity index (χ2v) is 7.30. The molecule has 0 aromatic carbocycles. The van der Waals surface area contributed by atoms with E-state index in [-0.39, 0.29) is 17.8 Å². The molecule has 1 rings (SSSR count). The molecule has 0 aromatic heterocycles. The molecule has 1 N–H and O–H groups in total. The third kappa shape index (κ3) is 5.65. The highest BCUT2D eigenvalue weighted by Gasteiger charge is 2.30. The summed E-state index contributed by atoms with van der Waals surface area (Å²) in [6.45, 7) is 3.93. The Labute approximate surface area is 122 Å². The summed E-state index contributed by atoms with van der Waals surface area (Å²) in [6.07, 6.45) is 3.15. The summed E-state index contributed by atoms with van der Waals surface area (Å²) in [7, 11) is -0.143. The van der Waals surface area contributed by atoms with Crippen LogP contribution >= 0.6 is 0 Å². The number of rotatable bonds is 9. The Morgan fingerprint density at radius 3 is 2.60 bits per heavy atom. The average Bonchev–Trinajstić information content (AvgIpc) is 2.39. The minimum Gasteiger partial charge on any atom is -0.383 e. The van der Waals surface area contributed by atoms with E-state index in [0.717, 1.165) is 25.8 Å². The van der Waals surface area contributed by atoms with Crippen LogP contribution in [0, 0.1) is 0 Å². The second-order valence-electron chi connectivity index (χ2n) is 5.33. The third-order valence-electron chi connectivity index (χ3n) is 3.60. The SMILES string of the molecule is COCCN(C(C)COC)S(=O)(=O)CC1CCCCN1. The highest BCUT2D eigenvalue weighted by Crippen LogP contribution is 2.14. The van der Waals surface area contributed by atoms with Gasteiger partial charge in [0.2, 0.25) is 10.0 Å². The molecule has 1 aliphatic rings. The molecular formula is C13H28N2O4S. The van der Waals surface area contributed by atoms with Crippen LogP contribution < -0.4 is 5.32 Å². The average molecular weight is 308 g/mol. The molecule has 0 saturated carbocycles. The van der Waals surface area contributed by atoms with Crippen molar-refractivity contribution in [3.8, 4) is 0 Å². The standard InChI is InChI=1S/C13H28N2O4S/c1-12(10-19-3)15(8-9-18-2)20(16,17)11-13-6-4-5-7-14-13/h12-14H,4-11H2,1-3H3. The molecule has 20 heavy (non-hydrogen) atoms. The van der Waals surface area contributed by atoms with E-state index in [9.17, 15) is 8.42 Å². The van der Waals surface area contributed by atoms with Gasteiger partial charge in [0.15, 0.2) is 0 Å². The van der Waals surface area contributed by atoms with E-state index in [1.807, 2.05) is 6.92 Å². The van der Waals surface area contributed by atoms with Crippen molar-refractivity contribution in [1.29, 1.82) is 0 Å². The van der Waals surface area contributed by atoms with Crippen molar-refractivity contribution in [1.82, 2.24) is 9.62 Å². The van der Waals surface area contributed by atoms with Crippen LogP contribution in [0.1, 0.15) is 26.2 Å². The molecule has 1 aliphatic heterocycles. The van der Waals surface area contributed by atoms with Crippen LogP contribution in [0.3, 0.4) is 0 Å². The van der Waals surface area contributed by atoms with Crippen molar-refractivity contribution in [2.45, 2.75) is 38.3 Å². The fraction of sp³-hybridized carbons (Fsp3) is 1.00. The Kier molecular flexibility index (Phi) is 7.98. The summed E-state index contributed by atoms with van der Waals surface area (Å²) < 4.78 is 36.8. The first-order chi connectivity index (χ1) is 9.51. The first kappa shape index (κ1) is 17.8. The first-order valence-electron chi connectivity index (χ1n) is 7.22. The van der Waals surface area contributed by atoms with Gasteiger partial charge in [-0.3, -0.25) is 0 Å². The molecule has 0 radical (unpaired) electrons. The van der Waals surface area contributed by atoms with E-state index in [1.165, 1.54) is 4.31 Å². The number of hydrogen-bond acceptors (Lipinski definition) is 5. The number of sulfonamides is 1. The molecule has 0 bridgehead atoms. The predicted octanol–water partition coefficient (Wildman–Crippen LogP) is 0.442. The quantitative estimate of drug-likeness (QED) is 0.669. The zero-order valence-electron chi connectivity index (χ0n) is 12.8. The number of nitrogens with one attached hydrogen (secondary N) is 1. The molecule has 1 saturated heterocycles. The third-order valence-corrected chi connectivity index (χ3v) is 5.68. The predicted molar refractivity (Wildman–Crippen MR) is 79.3 cm³/mol. The molecular weight excluding hydrogens is 280 g/mol. The van der Waals surface area contributed by atoms with Crippen molar-refractivity contribution >= 4 is 10.0 Å². The molecule has 2 unspecified atom stereocenters. The Bertz CT molecular complexity index is 355. The number of piperidine rings is 1. The summed E-state index contributed by atoms with van der Waals surface area (Å²) >= 11 is 0. The highest BCUT2D eigenvalue weighted by atomic mass is 32.2. The van der Waals surface area contributed by atoms with Crippen LogP contribution in [0.4, 0.5) is 0 Å². The summed E-state index contributed by atoms with van der Waals surface area (Å²) in [5.41, 5.74) is 0. The van der Waals surface area contributed by atoms with Gasteiger partial charge in [0.25, 0.3) is 0 Å². The van der Waals surface area contributed by atoms with E-state index in [0.29, 0.717) is 19.8 Å². The number of ether oxygens (including phenoxy) is 2. The maximum Gasteiger partial charge on any atom is 0.216 e. The summed E-state index contributed by atoms with van der Waals surface area (Å²) in [4.78, 5) is 0. The lowest BCUT2D eigenvalue weighted by atomic mass is 10.1. The van der Waals surface area contributed by atoms with Gasteiger partial charge >= 0.3 is 0 Å². The second kappa shape index (κ2) is 8.94. The Balaban J connectivity index is 2.69. The first-order valence-corrected chi connectivity index (χ1v) is 8.83. The summed E-state index contributed by atoms with van der Waals surface area (Å²) in [5, 5.41) is 3.29. The lowest BCUT2D eigenvalue weighted by molar-refractivity contribution is 0.118. The fourth-order valence-electron chi connectivity index (χ4n) is 2.56. The van der Waals surface area contributed by atoms with Crippen LogP contribution in [0.15, 0.2) is 0 Å². The Morgan fingerprint density at radius 2 is 2.05 bits per heavy atom. The van der Waals surface area contributed by atoms with E-state index < -0.39 is 10.0 Å². The molecule has 120 valence electrons. The maximum absolute atomic E-state index is 12.6. The fourth-order valence-corrected chi connectivity index (χ4v) is 4.50. The van der Waals surface area contributed by atoms with E-state index in [1.54, 1.807) is 14.2 Å². The molecule has 0 spiro atoms. The minimum absolute atomic E-state index is 0.0635. The minimum atomic E-state index is -3.30. The van der Waals surface area contributed by atoms with Crippen LogP contribution in [-0.2, 0) is 19.5 Å². The molecule has 1 fully saturated rings. The summed E-state index contributed by atoms with van der Waals surface area (Å²) in [5.74, 6) is 0.158. The van der Waals surface area contributed by atoms with E-state index in [2.05, 4.69) is 5.32 Å². The number of hydrogen-bond donors (Lipinski definition) is 1. The highest BCUT2D eigenvalue weighted by molar-refractivity contribution is 7.89. The zero-order chi connectivity index (χ0) is 15.0. The normalized spacial score (nSPS) is 22.1. The van der Waals surface area contributed by atoms with E-state index >= 15 is 0 Å². The van der Waals surface area contributed by atoms with Crippen LogP contribution in [-0.4, -0.2) is 71.1 Å². The largest absolute Gasteiger partial charge is 0.383 e. The van der Waals surface area contributed by atoms with Gasteiger partial charge in [-0.25, -0.2) is 8.42 Å². The smallest absolute Gasteiger partial charge is 0.216 e. The molecule has 6 nitrogen and oxygen atoms in total. The maximum atomic E-state index is 12.6. The number of methoxy groups -OCH3 is 2. The van der Waals surface area contributed by atoms with Gasteiger partial charge < -0.3 is 14.8 Å². The van der Waals surface area contributed by atoms with Crippen LogP contribution in [0.5, 0.6) is 0 Å². The summed E-state index contributed by atoms with van der Waals surface area (Å²) in [6, 6.07) is -0.114. The van der Waals surface area contributed by atoms with Crippen molar-refractivity contribution in [2.75, 3.05) is 46.3 Å². The van der Waals surface area contributed by atoms with Gasteiger partial charge in [0.1, 0.15) is 0 Å². The van der Waals surface area contributed by atoms with Crippen molar-refractivity contribution in [3.05, 3.63) is 0 Å². The monoisotopic (exact) mass is 308 g/mol. The van der Waals surface area contributed by atoms with Gasteiger partial charge in [-0.15, -0.1) is 0 Å². The molecule has 0 amide bonds. The van der Waals surface area contributed by atoms with Gasteiger partial charge in [-0.05, 0) is 26.3 Å². The van der Waals surface area contributed by atoms with Crippen LogP contribution in [0.25, 0.3) is 0 Å². The van der Waals surface area contributed by atoms with Crippen molar-refractivity contribution in [3.63, 3.8) is 0 Å². The van der Waals surface area contributed by atoms with Gasteiger partial charge in [-0.1, -0.05) is 6.42 Å².